The molecule has 3 fully saturated rings. The molecule has 3 aliphatic rings. The number of hydrogen-bond donors (Lipinski definition) is 0. The monoisotopic (exact) mass is 252 g/mol. The van der Waals surface area contributed by atoms with Crippen molar-refractivity contribution in [2.24, 2.45) is 0 Å². The van der Waals surface area contributed by atoms with Crippen LogP contribution in [0.5, 0.6) is 0 Å². The molecule has 0 radical (unpaired) electrons. The summed E-state index contributed by atoms with van der Waals surface area (Å²) in [5.74, 6) is 0. The zero-order valence-corrected chi connectivity index (χ0v) is 11.6. The highest BCUT2D eigenvalue weighted by Crippen LogP contribution is 2.22. The van der Waals surface area contributed by atoms with Gasteiger partial charge >= 0.3 is 0 Å². The van der Waals surface area contributed by atoms with Gasteiger partial charge in [0.1, 0.15) is 0 Å². The van der Waals surface area contributed by atoms with Crippen LogP contribution in [0.4, 0.5) is 0 Å². The maximum Gasteiger partial charge on any atom is 0.0588 e. The number of piperidine rings is 1. The molecule has 0 saturated carbocycles. The number of nitrogens with zero attached hydrogens (tertiary/aromatic N) is 2. The van der Waals surface area contributed by atoms with E-state index in [-0.39, 0.29) is 0 Å². The molecule has 3 rings (SSSR count). The number of ether oxygens (including phenoxy) is 1. The number of likely N-dealkylation sites (tertiary alicyclic amines) is 2. The minimum absolute atomic E-state index is 0.567. The Morgan fingerprint density at radius 2 is 1.83 bits per heavy atom. The fraction of sp³-hybridized carbons (Fsp3) is 1.00. The van der Waals surface area contributed by atoms with Crippen LogP contribution in [0.2, 0.25) is 0 Å². The molecule has 0 aromatic heterocycles. The maximum absolute atomic E-state index is 5.73. The van der Waals surface area contributed by atoms with Crippen LogP contribution in [0.1, 0.15) is 44.9 Å². The van der Waals surface area contributed by atoms with Crippen LogP contribution in [-0.2, 0) is 4.74 Å². The van der Waals surface area contributed by atoms with E-state index in [1.165, 1.54) is 77.7 Å². The van der Waals surface area contributed by atoms with Gasteiger partial charge in [-0.15, -0.1) is 0 Å². The third-order valence-electron chi connectivity index (χ3n) is 4.93. The lowest BCUT2D eigenvalue weighted by molar-refractivity contribution is 0.0730. The molecule has 0 aliphatic carbocycles. The van der Waals surface area contributed by atoms with Crippen molar-refractivity contribution in [2.45, 2.75) is 57.1 Å². The lowest BCUT2D eigenvalue weighted by Crippen LogP contribution is -2.47. The zero-order chi connectivity index (χ0) is 12.2. The molecule has 0 unspecified atom stereocenters. The molecule has 0 amide bonds. The van der Waals surface area contributed by atoms with Crippen LogP contribution in [0.25, 0.3) is 0 Å². The Balaban J connectivity index is 1.41. The third-order valence-corrected chi connectivity index (χ3v) is 4.93. The second-order valence-corrected chi connectivity index (χ2v) is 6.26. The van der Waals surface area contributed by atoms with Crippen molar-refractivity contribution in [3.63, 3.8) is 0 Å². The van der Waals surface area contributed by atoms with Crippen LogP contribution in [-0.4, -0.2) is 61.3 Å². The van der Waals surface area contributed by atoms with Gasteiger partial charge in [-0.2, -0.15) is 0 Å². The largest absolute Gasteiger partial charge is 0.378 e. The smallest absolute Gasteiger partial charge is 0.0588 e. The van der Waals surface area contributed by atoms with Crippen molar-refractivity contribution in [3.05, 3.63) is 0 Å². The number of hydrogen-bond acceptors (Lipinski definition) is 3. The normalized spacial score (nSPS) is 35.3. The van der Waals surface area contributed by atoms with Gasteiger partial charge in [-0.1, -0.05) is 0 Å². The first-order valence-electron chi connectivity index (χ1n) is 8.00. The summed E-state index contributed by atoms with van der Waals surface area (Å²) in [6.45, 7) is 7.59. The Kier molecular flexibility index (Phi) is 4.55. The van der Waals surface area contributed by atoms with E-state index in [0.717, 1.165) is 12.6 Å². The first kappa shape index (κ1) is 12.9. The first-order valence-corrected chi connectivity index (χ1v) is 8.00. The lowest BCUT2D eigenvalue weighted by Gasteiger charge is -2.37. The molecule has 3 nitrogen and oxygen atoms in total. The molecule has 3 saturated heterocycles. The molecule has 104 valence electrons. The van der Waals surface area contributed by atoms with E-state index in [2.05, 4.69) is 9.80 Å². The van der Waals surface area contributed by atoms with Gasteiger partial charge in [0.15, 0.2) is 0 Å². The van der Waals surface area contributed by atoms with Crippen LogP contribution < -0.4 is 0 Å². The van der Waals surface area contributed by atoms with E-state index in [0.29, 0.717) is 6.10 Å². The lowest BCUT2D eigenvalue weighted by atomic mass is 10.0. The van der Waals surface area contributed by atoms with Crippen molar-refractivity contribution < 1.29 is 4.74 Å². The maximum atomic E-state index is 5.73. The topological polar surface area (TPSA) is 15.7 Å². The van der Waals surface area contributed by atoms with Gasteiger partial charge in [0.25, 0.3) is 0 Å². The summed E-state index contributed by atoms with van der Waals surface area (Å²) in [5.41, 5.74) is 0. The molecular formula is C15H28N2O. The standard InChI is InChI=1S/C15H28N2O/c1-2-10-17(9-1)14-5-3-8-16(13-14)11-7-15-6-4-12-18-15/h14-15H,1-13H2/t14-,15+/m0/s1. The summed E-state index contributed by atoms with van der Waals surface area (Å²) in [5, 5.41) is 0. The van der Waals surface area contributed by atoms with E-state index in [1.807, 2.05) is 0 Å². The molecule has 2 atom stereocenters. The van der Waals surface area contributed by atoms with E-state index in [9.17, 15) is 0 Å². The highest BCUT2D eigenvalue weighted by atomic mass is 16.5. The molecule has 0 bridgehead atoms. The molecule has 3 heteroatoms. The molecule has 0 spiro atoms. The van der Waals surface area contributed by atoms with Crippen LogP contribution in [0.3, 0.4) is 0 Å². The minimum Gasteiger partial charge on any atom is -0.378 e. The second kappa shape index (κ2) is 6.36. The van der Waals surface area contributed by atoms with Crippen molar-refractivity contribution >= 4 is 0 Å². The summed E-state index contributed by atoms with van der Waals surface area (Å²) < 4.78 is 5.73. The Labute approximate surface area is 111 Å². The first-order chi connectivity index (χ1) is 8.92. The average molecular weight is 252 g/mol. The molecule has 18 heavy (non-hydrogen) atoms. The quantitative estimate of drug-likeness (QED) is 0.762. The fourth-order valence-electron chi connectivity index (χ4n) is 3.84. The predicted molar refractivity (Wildman–Crippen MR) is 73.9 cm³/mol. The van der Waals surface area contributed by atoms with Crippen molar-refractivity contribution in [1.29, 1.82) is 0 Å². The summed E-state index contributed by atoms with van der Waals surface area (Å²) >= 11 is 0. The Hall–Kier alpha value is -0.120. The minimum atomic E-state index is 0.567. The fourth-order valence-corrected chi connectivity index (χ4v) is 3.84. The van der Waals surface area contributed by atoms with Gasteiger partial charge in [-0.25, -0.2) is 0 Å². The number of rotatable bonds is 4. The van der Waals surface area contributed by atoms with Crippen molar-refractivity contribution in [1.82, 2.24) is 9.80 Å². The zero-order valence-electron chi connectivity index (χ0n) is 11.6. The van der Waals surface area contributed by atoms with Crippen LogP contribution >= 0.6 is 0 Å². The van der Waals surface area contributed by atoms with E-state index in [4.69, 9.17) is 4.74 Å². The molecular weight excluding hydrogens is 224 g/mol. The van der Waals surface area contributed by atoms with Crippen LogP contribution in [0.15, 0.2) is 0 Å². The predicted octanol–water partition coefficient (Wildman–Crippen LogP) is 2.12. The van der Waals surface area contributed by atoms with E-state index >= 15 is 0 Å². The van der Waals surface area contributed by atoms with Crippen molar-refractivity contribution in [3.8, 4) is 0 Å². The Morgan fingerprint density at radius 1 is 0.944 bits per heavy atom. The summed E-state index contributed by atoms with van der Waals surface area (Å²) in [6.07, 6.45) is 10.1. The van der Waals surface area contributed by atoms with Crippen LogP contribution in [0, 0.1) is 0 Å². The van der Waals surface area contributed by atoms with Gasteiger partial charge < -0.3 is 9.64 Å². The summed E-state index contributed by atoms with van der Waals surface area (Å²) in [4.78, 5) is 5.42. The molecule has 0 aromatic rings. The van der Waals surface area contributed by atoms with Gasteiger partial charge in [0.2, 0.25) is 0 Å². The van der Waals surface area contributed by atoms with Gasteiger partial charge in [0, 0.05) is 25.7 Å². The van der Waals surface area contributed by atoms with E-state index < -0.39 is 0 Å². The molecule has 0 N–H and O–H groups in total. The van der Waals surface area contributed by atoms with Crippen molar-refractivity contribution in [2.75, 3.05) is 39.3 Å². The SMILES string of the molecule is C1CO[C@@H](CCN2CCC[C@H](N3CCCC3)C2)C1. The average Bonchev–Trinajstić information content (AvgIpc) is 3.10. The highest BCUT2D eigenvalue weighted by molar-refractivity contribution is 4.83. The third kappa shape index (κ3) is 3.25. The molecule has 3 aliphatic heterocycles. The van der Waals surface area contributed by atoms with Gasteiger partial charge in [0.05, 0.1) is 6.10 Å². The molecule has 0 aromatic carbocycles. The summed E-state index contributed by atoms with van der Waals surface area (Å²) in [6, 6.07) is 0.853. The van der Waals surface area contributed by atoms with Gasteiger partial charge in [-0.3, -0.25) is 4.90 Å². The highest BCUT2D eigenvalue weighted by Gasteiger charge is 2.27. The second-order valence-electron chi connectivity index (χ2n) is 6.26. The molecule has 3 heterocycles. The Morgan fingerprint density at radius 3 is 2.61 bits per heavy atom. The van der Waals surface area contributed by atoms with Gasteiger partial charge in [-0.05, 0) is 64.6 Å². The van der Waals surface area contributed by atoms with E-state index in [1.54, 1.807) is 0 Å². The summed E-state index contributed by atoms with van der Waals surface area (Å²) in [7, 11) is 0. The Bertz CT molecular complexity index is 247.